The Morgan fingerprint density at radius 3 is 2.40 bits per heavy atom. The van der Waals surface area contributed by atoms with Gasteiger partial charge in [0.15, 0.2) is 0 Å². The number of alkyl halides is 2. The van der Waals surface area contributed by atoms with Crippen LogP contribution in [0.3, 0.4) is 0 Å². The quantitative estimate of drug-likeness (QED) is 0.779. The Morgan fingerprint density at radius 1 is 1.27 bits per heavy atom. The number of benzene rings is 1. The van der Waals surface area contributed by atoms with Crippen LogP contribution in [0.1, 0.15) is 17.5 Å². The van der Waals surface area contributed by atoms with Crippen molar-refractivity contribution in [3.05, 3.63) is 34.9 Å². The van der Waals surface area contributed by atoms with Crippen molar-refractivity contribution in [1.82, 2.24) is 0 Å². The maximum Gasteiger partial charge on any atom is 0.281 e. The van der Waals surface area contributed by atoms with E-state index in [4.69, 9.17) is 5.11 Å². The van der Waals surface area contributed by atoms with Gasteiger partial charge in [0.2, 0.25) is 0 Å². The second-order valence-electron chi connectivity index (χ2n) is 3.23. The van der Waals surface area contributed by atoms with E-state index in [0.717, 1.165) is 12.1 Å². The summed E-state index contributed by atoms with van der Waals surface area (Å²) < 4.78 is 52.8. The highest BCUT2D eigenvalue weighted by molar-refractivity contribution is 5.30. The van der Waals surface area contributed by atoms with E-state index in [0.29, 0.717) is 0 Å². The summed E-state index contributed by atoms with van der Waals surface area (Å²) in [4.78, 5) is 0. The van der Waals surface area contributed by atoms with Crippen molar-refractivity contribution in [3.63, 3.8) is 0 Å². The summed E-state index contributed by atoms with van der Waals surface area (Å²) in [6.45, 7) is 0.438. The molecule has 0 fully saturated rings. The lowest BCUT2D eigenvalue weighted by Gasteiger charge is -2.17. The second kappa shape index (κ2) is 4.18. The number of hydrogen-bond donors (Lipinski definition) is 1. The smallest absolute Gasteiger partial charge is 0.281 e. The molecule has 0 spiro atoms. The molecule has 1 aromatic rings. The first kappa shape index (κ1) is 12.0. The zero-order valence-electron chi connectivity index (χ0n) is 8.03. The summed E-state index contributed by atoms with van der Waals surface area (Å²) in [5, 5.41) is 8.39. The molecule has 1 rings (SSSR count). The van der Waals surface area contributed by atoms with Crippen LogP contribution < -0.4 is 0 Å². The molecule has 0 heterocycles. The second-order valence-corrected chi connectivity index (χ2v) is 3.23. The lowest BCUT2D eigenvalue weighted by atomic mass is 10.0. The normalized spacial score (nSPS) is 11.9. The van der Waals surface area contributed by atoms with Crippen molar-refractivity contribution < 1.29 is 22.7 Å². The van der Waals surface area contributed by atoms with Gasteiger partial charge >= 0.3 is 0 Å². The highest BCUT2D eigenvalue weighted by Gasteiger charge is 2.37. The largest absolute Gasteiger partial charge is 0.396 e. The molecule has 0 atom stereocenters. The molecule has 1 aromatic carbocycles. The lowest BCUT2D eigenvalue weighted by Crippen LogP contribution is -2.19. The van der Waals surface area contributed by atoms with Gasteiger partial charge in [-0.1, -0.05) is 6.07 Å². The van der Waals surface area contributed by atoms with Crippen LogP contribution in [-0.2, 0) is 5.92 Å². The minimum absolute atomic E-state index is 0.0518. The monoisotopic (exact) mass is 222 g/mol. The molecule has 0 aliphatic heterocycles. The highest BCUT2D eigenvalue weighted by atomic mass is 19.3. The number of halogens is 4. The molecular formula is C10H10F4O. The Balaban J connectivity index is 3.29. The summed E-state index contributed by atoms with van der Waals surface area (Å²) in [6.07, 6.45) is -0.996. The number of hydrogen-bond acceptors (Lipinski definition) is 1. The van der Waals surface area contributed by atoms with Crippen molar-refractivity contribution in [1.29, 1.82) is 0 Å². The molecule has 0 unspecified atom stereocenters. The van der Waals surface area contributed by atoms with Crippen molar-refractivity contribution in [2.75, 3.05) is 6.61 Å². The maximum atomic E-state index is 13.3. The molecule has 5 heteroatoms. The van der Waals surface area contributed by atoms with Crippen LogP contribution in [0.2, 0.25) is 0 Å². The van der Waals surface area contributed by atoms with Crippen molar-refractivity contribution in [3.8, 4) is 0 Å². The van der Waals surface area contributed by atoms with Gasteiger partial charge in [0, 0.05) is 13.0 Å². The topological polar surface area (TPSA) is 20.2 Å². The molecule has 0 aliphatic carbocycles. The van der Waals surface area contributed by atoms with Gasteiger partial charge in [0.25, 0.3) is 5.92 Å². The van der Waals surface area contributed by atoms with E-state index in [1.54, 1.807) is 0 Å². The maximum absolute atomic E-state index is 13.3. The average molecular weight is 222 g/mol. The van der Waals surface area contributed by atoms with E-state index in [1.807, 2.05) is 0 Å². The Morgan fingerprint density at radius 2 is 1.87 bits per heavy atom. The molecule has 0 saturated heterocycles. The molecule has 0 amide bonds. The number of aliphatic hydroxyl groups excluding tert-OH is 1. The van der Waals surface area contributed by atoms with E-state index < -0.39 is 36.1 Å². The first-order valence-electron chi connectivity index (χ1n) is 4.34. The minimum atomic E-state index is -3.69. The van der Waals surface area contributed by atoms with Crippen LogP contribution in [0.15, 0.2) is 12.1 Å². The van der Waals surface area contributed by atoms with Crippen LogP contribution in [-0.4, -0.2) is 11.7 Å². The molecule has 0 aliphatic rings. The van der Waals surface area contributed by atoms with Crippen LogP contribution in [0.5, 0.6) is 0 Å². The Bertz CT molecular complexity index is 363. The van der Waals surface area contributed by atoms with Crippen LogP contribution >= 0.6 is 0 Å². The molecule has 0 radical (unpaired) electrons. The summed E-state index contributed by atoms with van der Waals surface area (Å²) in [5.74, 6) is -6.24. The molecule has 1 nitrogen and oxygen atoms in total. The first-order chi connectivity index (χ1) is 6.90. The SMILES string of the molecule is Cc1ccc(F)c(C(F)(F)CCO)c1F. The van der Waals surface area contributed by atoms with Gasteiger partial charge in [-0.3, -0.25) is 0 Å². The van der Waals surface area contributed by atoms with Gasteiger partial charge in [-0.25, -0.2) is 17.6 Å². The van der Waals surface area contributed by atoms with Crippen molar-refractivity contribution >= 4 is 0 Å². The number of aliphatic hydroxyl groups is 1. The zero-order chi connectivity index (χ0) is 11.6. The molecule has 0 bridgehead atoms. The molecule has 15 heavy (non-hydrogen) atoms. The summed E-state index contributed by atoms with van der Waals surface area (Å²) in [5.41, 5.74) is -1.32. The van der Waals surface area contributed by atoms with Gasteiger partial charge < -0.3 is 5.11 Å². The van der Waals surface area contributed by atoms with Crippen molar-refractivity contribution in [2.24, 2.45) is 0 Å². The fraction of sp³-hybridized carbons (Fsp3) is 0.400. The summed E-state index contributed by atoms with van der Waals surface area (Å²) in [7, 11) is 0. The molecular weight excluding hydrogens is 212 g/mol. The third-order valence-electron chi connectivity index (χ3n) is 2.08. The van der Waals surface area contributed by atoms with Crippen molar-refractivity contribution in [2.45, 2.75) is 19.3 Å². The fourth-order valence-corrected chi connectivity index (χ4v) is 1.26. The lowest BCUT2D eigenvalue weighted by molar-refractivity contribution is -0.0332. The minimum Gasteiger partial charge on any atom is -0.396 e. The predicted molar refractivity (Wildman–Crippen MR) is 46.7 cm³/mol. The van der Waals surface area contributed by atoms with Gasteiger partial charge in [-0.2, -0.15) is 0 Å². The summed E-state index contributed by atoms with van der Waals surface area (Å²) >= 11 is 0. The fourth-order valence-electron chi connectivity index (χ4n) is 1.26. The molecule has 0 saturated carbocycles. The average Bonchev–Trinajstić information content (AvgIpc) is 2.11. The van der Waals surface area contributed by atoms with Crippen LogP contribution in [0, 0.1) is 18.6 Å². The predicted octanol–water partition coefficient (Wildman–Crippen LogP) is 2.75. The van der Waals surface area contributed by atoms with E-state index in [-0.39, 0.29) is 5.56 Å². The van der Waals surface area contributed by atoms with Crippen LogP contribution in [0.25, 0.3) is 0 Å². The van der Waals surface area contributed by atoms with Gasteiger partial charge in [0.05, 0.1) is 5.56 Å². The third kappa shape index (κ3) is 2.28. The first-order valence-corrected chi connectivity index (χ1v) is 4.34. The summed E-state index contributed by atoms with van der Waals surface area (Å²) in [6, 6.07) is 1.88. The zero-order valence-corrected chi connectivity index (χ0v) is 8.03. The van der Waals surface area contributed by atoms with Gasteiger partial charge in [-0.05, 0) is 18.6 Å². The molecule has 1 N–H and O–H groups in total. The van der Waals surface area contributed by atoms with Gasteiger partial charge in [0.1, 0.15) is 11.6 Å². The number of rotatable bonds is 3. The van der Waals surface area contributed by atoms with E-state index >= 15 is 0 Å². The standard InChI is InChI=1S/C10H10F4O/c1-6-2-3-7(11)8(9(6)12)10(13,14)4-5-15/h2-3,15H,4-5H2,1H3. The Labute approximate surface area is 84.3 Å². The Hall–Kier alpha value is -1.10. The van der Waals surface area contributed by atoms with E-state index in [2.05, 4.69) is 0 Å². The molecule has 0 aromatic heterocycles. The van der Waals surface area contributed by atoms with Crippen LogP contribution in [0.4, 0.5) is 17.6 Å². The highest BCUT2D eigenvalue weighted by Crippen LogP contribution is 2.35. The Kier molecular flexibility index (Phi) is 3.34. The molecule has 84 valence electrons. The third-order valence-corrected chi connectivity index (χ3v) is 2.08. The number of aryl methyl sites for hydroxylation is 1. The van der Waals surface area contributed by atoms with E-state index in [9.17, 15) is 17.6 Å². The van der Waals surface area contributed by atoms with E-state index in [1.165, 1.54) is 6.92 Å². The van der Waals surface area contributed by atoms with Gasteiger partial charge in [-0.15, -0.1) is 0 Å².